The van der Waals surface area contributed by atoms with Gasteiger partial charge in [-0.05, 0) is 42.5 Å². The van der Waals surface area contributed by atoms with E-state index in [4.69, 9.17) is 0 Å². The summed E-state index contributed by atoms with van der Waals surface area (Å²) in [5.41, 5.74) is -1.07. The van der Waals surface area contributed by atoms with E-state index in [1.165, 1.54) is 30.7 Å². The van der Waals surface area contributed by atoms with Crippen molar-refractivity contribution in [3.8, 4) is 11.1 Å². The van der Waals surface area contributed by atoms with Crippen molar-refractivity contribution in [2.24, 2.45) is 0 Å². The van der Waals surface area contributed by atoms with Crippen LogP contribution in [0.1, 0.15) is 15.9 Å². The molecule has 1 unspecified atom stereocenters. The van der Waals surface area contributed by atoms with Crippen LogP contribution >= 0.6 is 0 Å². The van der Waals surface area contributed by atoms with Gasteiger partial charge in [0.15, 0.2) is 16.8 Å². The highest BCUT2D eigenvalue weighted by atomic mass is 32.2. The van der Waals surface area contributed by atoms with E-state index in [0.29, 0.717) is 11.6 Å². The summed E-state index contributed by atoms with van der Waals surface area (Å²) < 4.78 is 86.3. The number of nitrogens with one attached hydrogen (secondary N) is 2. The van der Waals surface area contributed by atoms with Crippen LogP contribution in [0.3, 0.4) is 0 Å². The molecule has 2 N–H and O–H groups in total. The lowest BCUT2D eigenvalue weighted by Gasteiger charge is -2.11. The number of carbonyl (C=O) groups excluding carboxylic acids is 1. The molecule has 0 spiro atoms. The van der Waals surface area contributed by atoms with Gasteiger partial charge < -0.3 is 4.98 Å². The van der Waals surface area contributed by atoms with Gasteiger partial charge in [0.2, 0.25) is 5.78 Å². The number of nitrogens with zero attached hydrogens (tertiary/aromatic N) is 2. The molecule has 1 atom stereocenters. The molecular weight excluding hydrogens is 515 g/mol. The minimum atomic E-state index is -2.48. The third-order valence-electron chi connectivity index (χ3n) is 5.47. The van der Waals surface area contributed by atoms with Crippen molar-refractivity contribution in [2.45, 2.75) is 4.90 Å². The van der Waals surface area contributed by atoms with Gasteiger partial charge in [0.25, 0.3) is 0 Å². The minimum Gasteiger partial charge on any atom is -0.345 e. The molecule has 186 valence electrons. The highest BCUT2D eigenvalue weighted by Gasteiger charge is 2.26. The third-order valence-corrected chi connectivity index (χ3v) is 6.59. The van der Waals surface area contributed by atoms with Gasteiger partial charge >= 0.3 is 0 Å². The lowest BCUT2D eigenvalue weighted by molar-refractivity contribution is 0.103. The molecule has 5 aromatic rings. The number of halogens is 5. The second-order valence-corrected chi connectivity index (χ2v) is 8.92. The first-order valence-electron chi connectivity index (χ1n) is 10.5. The van der Waals surface area contributed by atoms with E-state index in [1.54, 1.807) is 0 Å². The second-order valence-electron chi connectivity index (χ2n) is 7.74. The van der Waals surface area contributed by atoms with Crippen LogP contribution in [-0.4, -0.2) is 24.9 Å². The molecule has 5 rings (SSSR count). The van der Waals surface area contributed by atoms with Crippen LogP contribution in [0.5, 0.6) is 0 Å². The fourth-order valence-electron chi connectivity index (χ4n) is 3.70. The molecule has 0 fully saturated rings. The van der Waals surface area contributed by atoms with Crippen LogP contribution in [0.4, 0.5) is 27.6 Å². The number of pyridine rings is 2. The van der Waals surface area contributed by atoms with E-state index in [9.17, 15) is 26.6 Å². The molecule has 0 aliphatic rings. The van der Waals surface area contributed by atoms with Gasteiger partial charge in [-0.1, -0.05) is 0 Å². The Morgan fingerprint density at radius 3 is 2.49 bits per heavy atom. The number of hydrogen-bond acceptors (Lipinski definition) is 4. The fraction of sp³-hybridized carbons (Fsp3) is 0. The van der Waals surface area contributed by atoms with Crippen LogP contribution in [0.2, 0.25) is 0 Å². The maximum absolute atomic E-state index is 15.3. The van der Waals surface area contributed by atoms with Gasteiger partial charge in [-0.2, -0.15) is 0 Å². The second kappa shape index (κ2) is 9.54. The van der Waals surface area contributed by atoms with E-state index in [-0.39, 0.29) is 22.2 Å². The molecule has 0 saturated heterocycles. The van der Waals surface area contributed by atoms with Crippen molar-refractivity contribution in [1.82, 2.24) is 15.0 Å². The molecule has 37 heavy (non-hydrogen) atoms. The standard InChI is InChI=1S/C25H13F5N4O2S/c26-13-1-2-17(27)21(8-13)37(36)34-20-4-3-18(28)22(23(20)30)24(35)16-10-33-25-15(16)7-12(9-32-25)14-5-6-31-11-19(14)29/h1-11,34H,(H,32,33). The zero-order valence-electron chi connectivity index (χ0n) is 18.4. The van der Waals surface area contributed by atoms with Crippen molar-refractivity contribution in [2.75, 3.05) is 4.72 Å². The smallest absolute Gasteiger partial charge is 0.201 e. The lowest BCUT2D eigenvalue weighted by atomic mass is 10.00. The van der Waals surface area contributed by atoms with Crippen molar-refractivity contribution in [1.29, 1.82) is 0 Å². The normalized spacial score (nSPS) is 12.0. The molecule has 12 heteroatoms. The zero-order chi connectivity index (χ0) is 26.3. The van der Waals surface area contributed by atoms with E-state index in [1.807, 2.05) is 0 Å². The maximum atomic E-state index is 15.3. The van der Waals surface area contributed by atoms with Crippen molar-refractivity contribution in [3.05, 3.63) is 107 Å². The third kappa shape index (κ3) is 4.47. The first kappa shape index (κ1) is 24.3. The Hall–Kier alpha value is -4.45. The molecule has 2 aromatic carbocycles. The van der Waals surface area contributed by atoms with Crippen molar-refractivity contribution >= 4 is 33.5 Å². The number of aromatic amines is 1. The average molecular weight is 528 g/mol. The lowest BCUT2D eigenvalue weighted by Crippen LogP contribution is -2.13. The zero-order valence-corrected chi connectivity index (χ0v) is 19.2. The summed E-state index contributed by atoms with van der Waals surface area (Å²) in [6.45, 7) is 0. The van der Waals surface area contributed by atoms with E-state index in [2.05, 4.69) is 19.7 Å². The number of anilines is 1. The van der Waals surface area contributed by atoms with Crippen molar-refractivity contribution in [3.63, 3.8) is 0 Å². The number of ketones is 1. The van der Waals surface area contributed by atoms with Crippen LogP contribution in [-0.2, 0) is 11.0 Å². The Balaban J connectivity index is 1.54. The van der Waals surface area contributed by atoms with Gasteiger partial charge in [0, 0.05) is 40.7 Å². The summed E-state index contributed by atoms with van der Waals surface area (Å²) in [6, 6.07) is 6.70. The molecular formula is C25H13F5N4O2S. The number of H-pyrrole nitrogens is 1. The van der Waals surface area contributed by atoms with Crippen molar-refractivity contribution < 1.29 is 31.0 Å². The van der Waals surface area contributed by atoms with Crippen LogP contribution < -0.4 is 4.72 Å². The predicted octanol–water partition coefficient (Wildman–Crippen LogP) is 5.69. The fourth-order valence-corrected chi connectivity index (χ4v) is 4.63. The molecule has 3 heterocycles. The van der Waals surface area contributed by atoms with Gasteiger partial charge in [-0.15, -0.1) is 0 Å². The molecule has 6 nitrogen and oxygen atoms in total. The summed E-state index contributed by atoms with van der Waals surface area (Å²) in [5, 5.41) is 0.168. The number of benzene rings is 2. The first-order valence-corrected chi connectivity index (χ1v) is 11.6. The Labute approximate surface area is 207 Å². The number of fused-ring (bicyclic) bond motifs is 1. The Morgan fingerprint density at radius 2 is 1.70 bits per heavy atom. The Bertz CT molecular complexity index is 1720. The van der Waals surface area contributed by atoms with E-state index < -0.39 is 62.0 Å². The topological polar surface area (TPSA) is 87.7 Å². The Morgan fingerprint density at radius 1 is 0.919 bits per heavy atom. The summed E-state index contributed by atoms with van der Waals surface area (Å²) in [5.74, 6) is -6.21. The highest BCUT2D eigenvalue weighted by molar-refractivity contribution is 7.86. The molecule has 0 radical (unpaired) electrons. The largest absolute Gasteiger partial charge is 0.345 e. The number of rotatable bonds is 6. The first-order chi connectivity index (χ1) is 17.7. The van der Waals surface area contributed by atoms with E-state index in [0.717, 1.165) is 30.5 Å². The molecule has 0 aliphatic carbocycles. The van der Waals surface area contributed by atoms with Crippen LogP contribution in [0, 0.1) is 29.1 Å². The minimum absolute atomic E-state index is 0.152. The maximum Gasteiger partial charge on any atom is 0.201 e. The monoisotopic (exact) mass is 528 g/mol. The average Bonchev–Trinajstić information content (AvgIpc) is 3.30. The summed E-state index contributed by atoms with van der Waals surface area (Å²) in [6.07, 6.45) is 4.93. The summed E-state index contributed by atoms with van der Waals surface area (Å²) >= 11 is 0. The predicted molar refractivity (Wildman–Crippen MR) is 125 cm³/mol. The molecule has 0 bridgehead atoms. The highest BCUT2D eigenvalue weighted by Crippen LogP contribution is 2.30. The molecule has 0 aliphatic heterocycles. The molecule has 0 amide bonds. The van der Waals surface area contributed by atoms with Crippen LogP contribution in [0.15, 0.2) is 72.1 Å². The SMILES string of the molecule is O=C(c1c(F)ccc(NS(=O)c2cc(F)ccc2F)c1F)c1c[nH]c2ncc(-c3ccncc3F)cc12. The Kier molecular flexibility index (Phi) is 6.25. The van der Waals surface area contributed by atoms with E-state index >= 15 is 4.39 Å². The quantitative estimate of drug-likeness (QED) is 0.219. The summed E-state index contributed by atoms with van der Waals surface area (Å²) in [4.78, 5) is 23.2. The number of hydrogen-bond donors (Lipinski definition) is 2. The molecule has 0 saturated carbocycles. The van der Waals surface area contributed by atoms with Gasteiger partial charge in [0.05, 0.1) is 22.3 Å². The van der Waals surface area contributed by atoms with Gasteiger partial charge in [-0.3, -0.25) is 14.5 Å². The molecule has 3 aromatic heterocycles. The number of carbonyl (C=O) groups is 1. The van der Waals surface area contributed by atoms with Gasteiger partial charge in [-0.25, -0.2) is 31.1 Å². The van der Waals surface area contributed by atoms with Crippen LogP contribution in [0.25, 0.3) is 22.2 Å². The van der Waals surface area contributed by atoms with Gasteiger partial charge in [0.1, 0.15) is 28.9 Å². The number of aromatic nitrogens is 3. The summed E-state index contributed by atoms with van der Waals surface area (Å²) in [7, 11) is -2.48.